The van der Waals surface area contributed by atoms with E-state index in [2.05, 4.69) is 37.9 Å². The van der Waals surface area contributed by atoms with Crippen LogP contribution < -0.4 is 4.90 Å². The maximum Gasteiger partial charge on any atom is 0.433 e. The number of hydrogen-bond acceptors (Lipinski definition) is 5. The van der Waals surface area contributed by atoms with Gasteiger partial charge in [-0.25, -0.2) is 9.97 Å². The Morgan fingerprint density at radius 2 is 1.90 bits per heavy atom. The normalized spacial score (nSPS) is 15.8. The summed E-state index contributed by atoms with van der Waals surface area (Å²) in [6, 6.07) is 8.09. The van der Waals surface area contributed by atoms with Crippen LogP contribution in [0.3, 0.4) is 0 Å². The van der Waals surface area contributed by atoms with Crippen LogP contribution in [0.15, 0.2) is 48.9 Å². The first-order valence-corrected chi connectivity index (χ1v) is 10.1. The van der Waals surface area contributed by atoms with Crippen molar-refractivity contribution in [2.45, 2.75) is 25.6 Å². The molecule has 0 unspecified atom stereocenters. The van der Waals surface area contributed by atoms with Crippen molar-refractivity contribution in [3.05, 3.63) is 60.2 Å². The fraction of sp³-hybridized carbons (Fsp3) is 0.409. The molecule has 0 aliphatic carbocycles. The average Bonchev–Trinajstić information content (AvgIpc) is 2.73. The van der Waals surface area contributed by atoms with Crippen LogP contribution in [0.4, 0.5) is 19.0 Å². The topological polar surface area (TPSA) is 45.2 Å². The molecule has 1 aliphatic heterocycles. The molecule has 0 spiro atoms. The van der Waals surface area contributed by atoms with Gasteiger partial charge in [0, 0.05) is 50.2 Å². The maximum absolute atomic E-state index is 13.0. The van der Waals surface area contributed by atoms with E-state index in [1.807, 2.05) is 12.3 Å². The first-order valence-electron chi connectivity index (χ1n) is 10.1. The van der Waals surface area contributed by atoms with Gasteiger partial charge in [0.1, 0.15) is 11.5 Å². The van der Waals surface area contributed by atoms with Gasteiger partial charge in [-0.1, -0.05) is 6.07 Å². The van der Waals surface area contributed by atoms with E-state index in [1.165, 1.54) is 17.7 Å². The van der Waals surface area contributed by atoms with Crippen molar-refractivity contribution < 1.29 is 13.2 Å². The summed E-state index contributed by atoms with van der Waals surface area (Å²) in [4.78, 5) is 16.9. The van der Waals surface area contributed by atoms with Crippen LogP contribution in [0.5, 0.6) is 0 Å². The number of aromatic nitrogens is 3. The zero-order valence-electron chi connectivity index (χ0n) is 16.8. The predicted molar refractivity (Wildman–Crippen MR) is 110 cm³/mol. The van der Waals surface area contributed by atoms with Crippen LogP contribution in [0, 0.1) is 5.92 Å². The van der Waals surface area contributed by atoms with E-state index in [0.717, 1.165) is 50.9 Å². The van der Waals surface area contributed by atoms with Crippen LogP contribution in [0.2, 0.25) is 0 Å². The summed E-state index contributed by atoms with van der Waals surface area (Å²) in [6.45, 7) is 3.53. The standard InChI is InChI=1S/C22H24F3N5/c1-29(15-17-3-2-9-26-13-17)14-16-7-11-30(12-8-16)21-18-4-5-20(22(23,24)25)28-19(18)6-10-27-21/h2-6,9-10,13,16H,7-8,11-12,14-15H2,1H3. The summed E-state index contributed by atoms with van der Waals surface area (Å²) >= 11 is 0. The zero-order chi connectivity index (χ0) is 21.1. The smallest absolute Gasteiger partial charge is 0.356 e. The molecule has 4 rings (SSSR count). The Labute approximate surface area is 173 Å². The van der Waals surface area contributed by atoms with Crippen molar-refractivity contribution in [1.29, 1.82) is 0 Å². The molecule has 0 amide bonds. The molecule has 0 aromatic carbocycles. The summed E-state index contributed by atoms with van der Waals surface area (Å²) in [5.74, 6) is 1.30. The molecule has 1 fully saturated rings. The summed E-state index contributed by atoms with van der Waals surface area (Å²) < 4.78 is 38.9. The van der Waals surface area contributed by atoms with Gasteiger partial charge in [0.2, 0.25) is 0 Å². The minimum atomic E-state index is -4.45. The molecule has 0 saturated carbocycles. The van der Waals surface area contributed by atoms with Crippen LogP contribution in [0.25, 0.3) is 10.9 Å². The number of pyridine rings is 3. The lowest BCUT2D eigenvalue weighted by atomic mass is 9.96. The van der Waals surface area contributed by atoms with Crippen molar-refractivity contribution in [1.82, 2.24) is 19.9 Å². The molecule has 1 saturated heterocycles. The van der Waals surface area contributed by atoms with E-state index >= 15 is 0 Å². The van der Waals surface area contributed by atoms with E-state index in [4.69, 9.17) is 0 Å². The molecule has 158 valence electrons. The van der Waals surface area contributed by atoms with Gasteiger partial charge in [-0.05, 0) is 55.6 Å². The highest BCUT2D eigenvalue weighted by Gasteiger charge is 2.33. The number of alkyl halides is 3. The van der Waals surface area contributed by atoms with Crippen LogP contribution in [-0.4, -0.2) is 46.5 Å². The molecule has 1 aliphatic rings. The zero-order valence-corrected chi connectivity index (χ0v) is 16.8. The van der Waals surface area contributed by atoms with Crippen molar-refractivity contribution in [3.8, 4) is 0 Å². The number of anilines is 1. The van der Waals surface area contributed by atoms with E-state index in [-0.39, 0.29) is 0 Å². The molecule has 0 radical (unpaired) electrons. The Bertz CT molecular complexity index is 985. The van der Waals surface area contributed by atoms with Gasteiger partial charge in [0.15, 0.2) is 0 Å². The van der Waals surface area contributed by atoms with Gasteiger partial charge in [0.25, 0.3) is 0 Å². The number of halogens is 3. The largest absolute Gasteiger partial charge is 0.433 e. The fourth-order valence-corrected chi connectivity index (χ4v) is 4.08. The third-order valence-electron chi connectivity index (χ3n) is 5.54. The number of piperidine rings is 1. The third kappa shape index (κ3) is 4.70. The second kappa shape index (κ2) is 8.55. The van der Waals surface area contributed by atoms with Crippen LogP contribution in [-0.2, 0) is 12.7 Å². The SMILES string of the molecule is CN(Cc1cccnc1)CC1CCN(c2nccc3nc(C(F)(F)F)ccc23)CC1. The predicted octanol–water partition coefficient (Wildman–Crippen LogP) is 4.39. The monoisotopic (exact) mass is 415 g/mol. The molecular weight excluding hydrogens is 391 g/mol. The molecule has 0 N–H and O–H groups in total. The molecule has 3 aromatic rings. The Hall–Kier alpha value is -2.74. The third-order valence-corrected chi connectivity index (χ3v) is 5.54. The van der Waals surface area contributed by atoms with Gasteiger partial charge < -0.3 is 9.80 Å². The highest BCUT2D eigenvalue weighted by molar-refractivity contribution is 5.89. The first-order chi connectivity index (χ1) is 14.4. The second-order valence-electron chi connectivity index (χ2n) is 7.88. The average molecular weight is 415 g/mol. The fourth-order valence-electron chi connectivity index (χ4n) is 4.08. The highest BCUT2D eigenvalue weighted by Crippen LogP contribution is 2.32. The Morgan fingerprint density at radius 1 is 1.10 bits per heavy atom. The lowest BCUT2D eigenvalue weighted by molar-refractivity contribution is -0.140. The summed E-state index contributed by atoms with van der Waals surface area (Å²) in [5, 5.41) is 0.664. The summed E-state index contributed by atoms with van der Waals surface area (Å²) in [7, 11) is 2.12. The van der Waals surface area contributed by atoms with Crippen LogP contribution >= 0.6 is 0 Å². The molecular formula is C22H24F3N5. The Kier molecular flexibility index (Phi) is 5.85. The van der Waals surface area contributed by atoms with Gasteiger partial charge >= 0.3 is 6.18 Å². The number of rotatable bonds is 5. The number of fused-ring (bicyclic) bond motifs is 1. The minimum Gasteiger partial charge on any atom is -0.356 e. The Morgan fingerprint density at radius 3 is 2.60 bits per heavy atom. The second-order valence-corrected chi connectivity index (χ2v) is 7.88. The van der Waals surface area contributed by atoms with Crippen molar-refractivity contribution >= 4 is 16.7 Å². The van der Waals surface area contributed by atoms with E-state index in [0.29, 0.717) is 16.8 Å². The molecule has 0 atom stereocenters. The van der Waals surface area contributed by atoms with E-state index in [9.17, 15) is 13.2 Å². The van der Waals surface area contributed by atoms with Gasteiger partial charge in [-0.15, -0.1) is 0 Å². The first kappa shape index (κ1) is 20.5. The lowest BCUT2D eigenvalue weighted by Gasteiger charge is -2.35. The molecule has 5 nitrogen and oxygen atoms in total. The van der Waals surface area contributed by atoms with Gasteiger partial charge in [-0.2, -0.15) is 13.2 Å². The van der Waals surface area contributed by atoms with Crippen molar-refractivity contribution in [3.63, 3.8) is 0 Å². The summed E-state index contributed by atoms with van der Waals surface area (Å²) in [6.07, 6.45) is 2.80. The van der Waals surface area contributed by atoms with Gasteiger partial charge in [-0.3, -0.25) is 4.98 Å². The molecule has 30 heavy (non-hydrogen) atoms. The van der Waals surface area contributed by atoms with E-state index < -0.39 is 11.9 Å². The summed E-state index contributed by atoms with van der Waals surface area (Å²) in [5.41, 5.74) is 0.652. The van der Waals surface area contributed by atoms with Gasteiger partial charge in [0.05, 0.1) is 5.52 Å². The van der Waals surface area contributed by atoms with Crippen molar-refractivity contribution in [2.24, 2.45) is 5.92 Å². The highest BCUT2D eigenvalue weighted by atomic mass is 19.4. The Balaban J connectivity index is 1.40. The number of hydrogen-bond donors (Lipinski definition) is 0. The minimum absolute atomic E-state index is 0.327. The molecule has 3 aromatic heterocycles. The maximum atomic E-state index is 13.0. The van der Waals surface area contributed by atoms with Crippen molar-refractivity contribution in [2.75, 3.05) is 31.6 Å². The van der Waals surface area contributed by atoms with E-state index in [1.54, 1.807) is 12.4 Å². The van der Waals surface area contributed by atoms with Crippen LogP contribution in [0.1, 0.15) is 24.1 Å². The number of nitrogens with zero attached hydrogens (tertiary/aromatic N) is 5. The lowest BCUT2D eigenvalue weighted by Crippen LogP contribution is -2.38. The molecule has 8 heteroatoms. The quantitative estimate of drug-likeness (QED) is 0.618. The molecule has 4 heterocycles. The molecule has 0 bridgehead atoms.